The van der Waals surface area contributed by atoms with Crippen molar-refractivity contribution in [1.29, 1.82) is 0 Å². The van der Waals surface area contributed by atoms with E-state index in [1.54, 1.807) is 6.92 Å². The van der Waals surface area contributed by atoms with Crippen molar-refractivity contribution in [3.8, 4) is 0 Å². The minimum absolute atomic E-state index is 0.198. The maximum absolute atomic E-state index is 10.4. The van der Waals surface area contributed by atoms with E-state index in [0.717, 1.165) is 0 Å². The number of rotatable bonds is 6. The normalized spacial score (nSPS) is 50.2. The standard InChI is InChI=1S/C14H24O11/c1-5-8(16)14(21-6(3-15)10(5)24-25-18)23-11-7-4-20-12(11)9(17)13(19-2)22-7/h5-18H,3-4H2,1-2H3/p-1/t5-,6?,7?,8?,9+,10-,11+,12?,13+,14+/m1/s1. The lowest BCUT2D eigenvalue weighted by atomic mass is 9.90. The van der Waals surface area contributed by atoms with E-state index in [4.69, 9.17) is 23.7 Å². The van der Waals surface area contributed by atoms with Gasteiger partial charge in [0.15, 0.2) is 12.6 Å². The number of hydrogen-bond acceptors (Lipinski definition) is 11. The van der Waals surface area contributed by atoms with E-state index in [1.807, 2.05) is 0 Å². The first kappa shape index (κ1) is 19.3. The Morgan fingerprint density at radius 3 is 2.52 bits per heavy atom. The molecule has 0 aromatic rings. The van der Waals surface area contributed by atoms with Crippen molar-refractivity contribution in [2.75, 3.05) is 20.3 Å². The Bertz CT molecular complexity index is 435. The minimum Gasteiger partial charge on any atom is -0.692 e. The number of aliphatic hydroxyl groups excluding tert-OH is 3. The molecule has 25 heavy (non-hydrogen) atoms. The van der Waals surface area contributed by atoms with Gasteiger partial charge in [-0.25, -0.2) is 4.89 Å². The zero-order valence-corrected chi connectivity index (χ0v) is 13.8. The Hall–Kier alpha value is -0.440. The number of hydrogen-bond donors (Lipinski definition) is 3. The predicted octanol–water partition coefficient (Wildman–Crippen LogP) is -3.19. The largest absolute Gasteiger partial charge is 0.692 e. The summed E-state index contributed by atoms with van der Waals surface area (Å²) in [7, 11) is 1.41. The third-order valence-electron chi connectivity index (χ3n) is 4.93. The Morgan fingerprint density at radius 2 is 1.88 bits per heavy atom. The third kappa shape index (κ3) is 3.55. The van der Waals surface area contributed by atoms with Gasteiger partial charge in [0, 0.05) is 13.0 Å². The number of aliphatic hydroxyl groups is 3. The second kappa shape index (κ2) is 8.06. The molecule has 0 aromatic carbocycles. The van der Waals surface area contributed by atoms with Crippen LogP contribution in [0.2, 0.25) is 0 Å². The van der Waals surface area contributed by atoms with Crippen LogP contribution in [0.25, 0.3) is 0 Å². The van der Waals surface area contributed by atoms with Crippen LogP contribution in [0.4, 0.5) is 0 Å². The van der Waals surface area contributed by atoms with E-state index < -0.39 is 67.8 Å². The van der Waals surface area contributed by atoms with Crippen LogP contribution < -0.4 is 5.26 Å². The van der Waals surface area contributed by atoms with Crippen molar-refractivity contribution in [2.24, 2.45) is 5.92 Å². The van der Waals surface area contributed by atoms with E-state index >= 15 is 0 Å². The van der Waals surface area contributed by atoms with Gasteiger partial charge in [0.05, 0.1) is 13.2 Å². The van der Waals surface area contributed by atoms with Crippen molar-refractivity contribution in [3.05, 3.63) is 0 Å². The van der Waals surface area contributed by atoms with Crippen LogP contribution in [0.1, 0.15) is 6.92 Å². The number of methoxy groups -OCH3 is 1. The monoisotopic (exact) mass is 367 g/mol. The average molecular weight is 367 g/mol. The molecule has 0 radical (unpaired) electrons. The lowest BCUT2D eigenvalue weighted by Gasteiger charge is -2.45. The number of fused-ring (bicyclic) bond motifs is 2. The molecule has 3 N–H and O–H groups in total. The maximum Gasteiger partial charge on any atom is 0.186 e. The Balaban J connectivity index is 1.68. The molecule has 0 spiro atoms. The molecule has 3 aliphatic rings. The molecule has 0 aliphatic carbocycles. The molecular weight excluding hydrogens is 344 g/mol. The summed E-state index contributed by atoms with van der Waals surface area (Å²) in [5.74, 6) is -0.621. The van der Waals surface area contributed by atoms with Gasteiger partial charge in [-0.1, -0.05) is 6.92 Å². The fourth-order valence-corrected chi connectivity index (χ4v) is 3.50. The van der Waals surface area contributed by atoms with Crippen molar-refractivity contribution >= 4 is 0 Å². The van der Waals surface area contributed by atoms with Gasteiger partial charge in [0.25, 0.3) is 0 Å². The number of ether oxygens (including phenoxy) is 5. The van der Waals surface area contributed by atoms with Gasteiger partial charge in [-0.2, -0.15) is 0 Å². The van der Waals surface area contributed by atoms with Crippen LogP contribution >= 0.6 is 0 Å². The third-order valence-corrected chi connectivity index (χ3v) is 4.93. The summed E-state index contributed by atoms with van der Waals surface area (Å²) in [6, 6.07) is 0. The lowest BCUT2D eigenvalue weighted by Crippen LogP contribution is -2.60. The molecule has 11 nitrogen and oxygen atoms in total. The van der Waals surface area contributed by atoms with Gasteiger partial charge in [-0.05, 0) is 0 Å². The summed E-state index contributed by atoms with van der Waals surface area (Å²) < 4.78 is 27.4. The van der Waals surface area contributed by atoms with Gasteiger partial charge in [0.1, 0.15) is 42.7 Å². The highest BCUT2D eigenvalue weighted by molar-refractivity contribution is 4.97. The maximum atomic E-state index is 10.4. The van der Waals surface area contributed by atoms with E-state index in [9.17, 15) is 20.6 Å². The van der Waals surface area contributed by atoms with Crippen LogP contribution in [0.5, 0.6) is 0 Å². The van der Waals surface area contributed by atoms with Crippen LogP contribution in [-0.4, -0.2) is 91.0 Å². The molecule has 11 heteroatoms. The van der Waals surface area contributed by atoms with Gasteiger partial charge in [-0.15, -0.1) is 0 Å². The van der Waals surface area contributed by atoms with Crippen molar-refractivity contribution in [2.45, 2.75) is 62.2 Å². The summed E-state index contributed by atoms with van der Waals surface area (Å²) in [5.41, 5.74) is 0. The van der Waals surface area contributed by atoms with Crippen LogP contribution in [0, 0.1) is 5.92 Å². The molecule has 0 aromatic heterocycles. The zero-order chi connectivity index (χ0) is 18.1. The fourth-order valence-electron chi connectivity index (χ4n) is 3.50. The second-order valence-corrected chi connectivity index (χ2v) is 6.37. The Morgan fingerprint density at radius 1 is 1.12 bits per heavy atom. The molecule has 0 saturated carbocycles. The lowest BCUT2D eigenvalue weighted by molar-refractivity contribution is -0.807. The second-order valence-electron chi connectivity index (χ2n) is 6.37. The van der Waals surface area contributed by atoms with Gasteiger partial charge >= 0.3 is 0 Å². The molecule has 3 saturated heterocycles. The smallest absolute Gasteiger partial charge is 0.186 e. The molecule has 3 fully saturated rings. The first-order valence-electron chi connectivity index (χ1n) is 8.04. The van der Waals surface area contributed by atoms with Crippen molar-refractivity contribution < 1.29 is 54.2 Å². The molecule has 4 unspecified atom stereocenters. The quantitative estimate of drug-likeness (QED) is 0.322. The van der Waals surface area contributed by atoms with E-state index in [2.05, 4.69) is 9.93 Å². The van der Waals surface area contributed by atoms with Crippen LogP contribution in [0.3, 0.4) is 0 Å². The molecule has 3 rings (SSSR count). The molecule has 3 aliphatic heterocycles. The highest BCUT2D eigenvalue weighted by Gasteiger charge is 2.54. The molecule has 2 bridgehead atoms. The zero-order valence-electron chi connectivity index (χ0n) is 13.8. The first-order valence-corrected chi connectivity index (χ1v) is 8.04. The summed E-state index contributed by atoms with van der Waals surface area (Å²) in [6.45, 7) is 1.34. The van der Waals surface area contributed by atoms with Gasteiger partial charge in [0.2, 0.25) is 0 Å². The van der Waals surface area contributed by atoms with Crippen molar-refractivity contribution in [3.63, 3.8) is 0 Å². The van der Waals surface area contributed by atoms with E-state index in [1.165, 1.54) is 7.11 Å². The minimum atomic E-state index is -1.17. The first-order chi connectivity index (χ1) is 12.0. The van der Waals surface area contributed by atoms with Crippen LogP contribution in [-0.2, 0) is 33.6 Å². The van der Waals surface area contributed by atoms with Gasteiger partial charge < -0.3 is 44.3 Å². The molecule has 146 valence electrons. The molecule has 10 atom stereocenters. The summed E-state index contributed by atoms with van der Waals surface area (Å²) >= 11 is 0. The average Bonchev–Trinajstić information content (AvgIpc) is 2.92. The fraction of sp³-hybridized carbons (Fsp3) is 1.00. The predicted molar refractivity (Wildman–Crippen MR) is 73.2 cm³/mol. The van der Waals surface area contributed by atoms with Gasteiger partial charge in [-0.3, -0.25) is 5.04 Å². The summed E-state index contributed by atoms with van der Waals surface area (Å²) in [4.78, 5) is 4.55. The molecule has 3 heterocycles. The van der Waals surface area contributed by atoms with E-state index in [0.29, 0.717) is 0 Å². The Labute approximate surface area is 143 Å². The highest BCUT2D eigenvalue weighted by atomic mass is 17.5. The molecule has 0 amide bonds. The molecular formula is C14H23O11-. The SMILES string of the molecule is CO[C@H]1OC2COC([C@H]2O[C@@H]2OC(CO)[C@H](OO[O-])[C@H](C)C2O)[C@@H]1O. The topological polar surface area (TPSA) is 148 Å². The van der Waals surface area contributed by atoms with E-state index in [-0.39, 0.29) is 6.61 Å². The Kier molecular flexibility index (Phi) is 6.23. The highest BCUT2D eigenvalue weighted by Crippen LogP contribution is 2.36. The summed E-state index contributed by atoms with van der Waals surface area (Å²) in [5, 5.41) is 43.7. The summed E-state index contributed by atoms with van der Waals surface area (Å²) in [6.07, 6.45) is -7.99. The van der Waals surface area contributed by atoms with Crippen molar-refractivity contribution in [1.82, 2.24) is 0 Å². The van der Waals surface area contributed by atoms with Crippen LogP contribution in [0.15, 0.2) is 0 Å².